The Morgan fingerprint density at radius 1 is 1.26 bits per heavy atom. The largest absolute Gasteiger partial charge is 0.369 e. The second-order valence-corrected chi connectivity index (χ2v) is 6.91. The molecule has 2 heterocycles. The smallest absolute Gasteiger partial charge is 0.265 e. The molecule has 2 aromatic rings. The summed E-state index contributed by atoms with van der Waals surface area (Å²) in [5.74, 6) is -0.649. The van der Waals surface area contributed by atoms with Crippen LogP contribution in [0.2, 0.25) is 0 Å². The number of hydrogen-bond acceptors (Lipinski definition) is 4. The highest BCUT2D eigenvalue weighted by Crippen LogP contribution is 2.28. The number of nitrogens with two attached hydrogens (primary N) is 1. The summed E-state index contributed by atoms with van der Waals surface area (Å²) in [6.07, 6.45) is 3.16. The van der Waals surface area contributed by atoms with Crippen molar-refractivity contribution in [1.82, 2.24) is 9.88 Å². The Labute approximate surface area is 139 Å². The molecule has 0 bridgehead atoms. The highest BCUT2D eigenvalue weighted by atomic mass is 32.1. The monoisotopic (exact) mass is 329 g/mol. The van der Waals surface area contributed by atoms with Crippen LogP contribution in [0.3, 0.4) is 0 Å². The number of likely N-dealkylation sites (tertiary alicyclic amines) is 1. The minimum Gasteiger partial charge on any atom is -0.369 e. The van der Waals surface area contributed by atoms with Gasteiger partial charge in [0.15, 0.2) is 0 Å². The van der Waals surface area contributed by atoms with Crippen molar-refractivity contribution in [3.63, 3.8) is 0 Å². The lowest BCUT2D eigenvalue weighted by Crippen LogP contribution is -2.48. The number of nitrogens with zero attached hydrogens (tertiary/aromatic N) is 2. The van der Waals surface area contributed by atoms with Gasteiger partial charge in [0, 0.05) is 18.2 Å². The van der Waals surface area contributed by atoms with Gasteiger partial charge in [0.1, 0.15) is 9.88 Å². The van der Waals surface area contributed by atoms with E-state index in [1.165, 1.54) is 11.3 Å². The average Bonchev–Trinajstić information content (AvgIpc) is 3.05. The van der Waals surface area contributed by atoms with E-state index in [4.69, 9.17) is 5.73 Å². The van der Waals surface area contributed by atoms with Crippen LogP contribution in [-0.4, -0.2) is 34.3 Å². The zero-order valence-electron chi connectivity index (χ0n) is 12.9. The zero-order valence-corrected chi connectivity index (χ0v) is 13.8. The third-order valence-corrected chi connectivity index (χ3v) is 5.32. The predicted molar refractivity (Wildman–Crippen MR) is 90.0 cm³/mol. The Balaban J connectivity index is 1.80. The van der Waals surface area contributed by atoms with Gasteiger partial charge in [0.05, 0.1) is 12.1 Å². The number of primary amides is 1. The molecule has 1 fully saturated rings. The van der Waals surface area contributed by atoms with Crippen molar-refractivity contribution < 1.29 is 9.59 Å². The predicted octanol–water partition coefficient (Wildman–Crippen LogP) is 2.54. The lowest BCUT2D eigenvalue weighted by molar-refractivity contribution is -0.123. The summed E-state index contributed by atoms with van der Waals surface area (Å²) in [7, 11) is 0. The van der Waals surface area contributed by atoms with Crippen molar-refractivity contribution in [2.24, 2.45) is 11.7 Å². The molecule has 1 aromatic heterocycles. The fraction of sp³-hybridized carbons (Fsp3) is 0.353. The summed E-state index contributed by atoms with van der Waals surface area (Å²) in [5, 5.41) is 0.824. The minimum absolute atomic E-state index is 0.0665. The first kappa shape index (κ1) is 15.7. The molecular weight excluding hydrogens is 310 g/mol. The first-order valence-electron chi connectivity index (χ1n) is 7.68. The number of carbonyl (C=O) groups is 2. The minimum atomic E-state index is -0.330. The average molecular weight is 329 g/mol. The molecule has 1 aliphatic rings. The van der Waals surface area contributed by atoms with Crippen molar-refractivity contribution in [2.75, 3.05) is 6.54 Å². The maximum atomic E-state index is 12.8. The highest BCUT2D eigenvalue weighted by Gasteiger charge is 2.32. The van der Waals surface area contributed by atoms with Crippen LogP contribution in [0.1, 0.15) is 29.4 Å². The molecule has 0 aliphatic carbocycles. The summed E-state index contributed by atoms with van der Waals surface area (Å²) >= 11 is 1.38. The number of amides is 2. The molecule has 0 spiro atoms. The molecule has 0 unspecified atom stereocenters. The molecule has 120 valence electrons. The number of thiazole rings is 1. The molecule has 1 aliphatic heterocycles. The third-order valence-electron chi connectivity index (χ3n) is 4.28. The standard InChI is InChI=1S/C17H19N3O2S/c1-11-7-8-13(15(18)21)10-20(11)17(22)14-9-19-16(23-14)12-5-3-2-4-6-12/h2-6,9,11,13H,7-8,10H2,1H3,(H2,18,21)/t11-,13+/m0/s1. The van der Waals surface area contributed by atoms with Crippen LogP contribution in [0, 0.1) is 5.92 Å². The molecule has 5 nitrogen and oxygen atoms in total. The van der Waals surface area contributed by atoms with Crippen LogP contribution in [0.5, 0.6) is 0 Å². The van der Waals surface area contributed by atoms with E-state index in [1.807, 2.05) is 37.3 Å². The first-order chi connectivity index (χ1) is 11.1. The van der Waals surface area contributed by atoms with Crippen molar-refractivity contribution >= 4 is 23.2 Å². The van der Waals surface area contributed by atoms with Crippen LogP contribution in [0.25, 0.3) is 10.6 Å². The molecule has 2 atom stereocenters. The Kier molecular flexibility index (Phi) is 4.43. The van der Waals surface area contributed by atoms with Crippen LogP contribution in [-0.2, 0) is 4.79 Å². The quantitative estimate of drug-likeness (QED) is 0.940. The van der Waals surface area contributed by atoms with Gasteiger partial charge in [-0.2, -0.15) is 0 Å². The van der Waals surface area contributed by atoms with Crippen LogP contribution >= 0.6 is 11.3 Å². The Bertz CT molecular complexity index is 714. The van der Waals surface area contributed by atoms with E-state index in [2.05, 4.69) is 4.98 Å². The molecule has 0 saturated carbocycles. The first-order valence-corrected chi connectivity index (χ1v) is 8.49. The Hall–Kier alpha value is -2.21. The van der Waals surface area contributed by atoms with Gasteiger partial charge in [-0.25, -0.2) is 4.98 Å². The van der Waals surface area contributed by atoms with Gasteiger partial charge in [-0.1, -0.05) is 30.3 Å². The molecule has 2 amide bonds. The number of hydrogen-bond donors (Lipinski definition) is 1. The number of benzene rings is 1. The maximum Gasteiger partial charge on any atom is 0.265 e. The second-order valence-electron chi connectivity index (χ2n) is 5.88. The van der Waals surface area contributed by atoms with Crippen molar-refractivity contribution in [3.05, 3.63) is 41.4 Å². The molecular formula is C17H19N3O2S. The van der Waals surface area contributed by atoms with E-state index in [1.54, 1.807) is 11.1 Å². The van der Waals surface area contributed by atoms with E-state index in [-0.39, 0.29) is 23.8 Å². The van der Waals surface area contributed by atoms with Crippen molar-refractivity contribution in [1.29, 1.82) is 0 Å². The van der Waals surface area contributed by atoms with Gasteiger partial charge < -0.3 is 10.6 Å². The lowest BCUT2D eigenvalue weighted by Gasteiger charge is -2.36. The highest BCUT2D eigenvalue weighted by molar-refractivity contribution is 7.16. The summed E-state index contributed by atoms with van der Waals surface area (Å²) in [4.78, 5) is 30.9. The fourth-order valence-corrected chi connectivity index (χ4v) is 3.73. The Morgan fingerprint density at radius 2 is 2.00 bits per heavy atom. The summed E-state index contributed by atoms with van der Waals surface area (Å²) in [6, 6.07) is 9.90. The summed E-state index contributed by atoms with van der Waals surface area (Å²) < 4.78 is 0. The Morgan fingerprint density at radius 3 is 2.70 bits per heavy atom. The molecule has 3 rings (SSSR count). The summed E-state index contributed by atoms with van der Waals surface area (Å²) in [5.41, 5.74) is 6.41. The summed E-state index contributed by atoms with van der Waals surface area (Å²) in [6.45, 7) is 2.40. The van der Waals surface area contributed by atoms with Gasteiger partial charge in [0.2, 0.25) is 5.91 Å². The number of aromatic nitrogens is 1. The van der Waals surface area contributed by atoms with Gasteiger partial charge in [-0.3, -0.25) is 9.59 Å². The molecule has 23 heavy (non-hydrogen) atoms. The normalized spacial score (nSPS) is 21.2. The number of carbonyl (C=O) groups excluding carboxylic acids is 2. The van der Waals surface area contributed by atoms with E-state index < -0.39 is 0 Å². The van der Waals surface area contributed by atoms with E-state index in [0.29, 0.717) is 11.4 Å². The van der Waals surface area contributed by atoms with Crippen LogP contribution < -0.4 is 5.73 Å². The number of rotatable bonds is 3. The van der Waals surface area contributed by atoms with Gasteiger partial charge in [0.25, 0.3) is 5.91 Å². The molecule has 2 N–H and O–H groups in total. The molecule has 0 radical (unpaired) electrons. The van der Waals surface area contributed by atoms with E-state index >= 15 is 0 Å². The maximum absolute atomic E-state index is 12.8. The van der Waals surface area contributed by atoms with E-state index in [9.17, 15) is 9.59 Å². The van der Waals surface area contributed by atoms with Gasteiger partial charge in [-0.05, 0) is 19.8 Å². The van der Waals surface area contributed by atoms with Gasteiger partial charge in [-0.15, -0.1) is 11.3 Å². The molecule has 1 saturated heterocycles. The van der Waals surface area contributed by atoms with Crippen molar-refractivity contribution in [3.8, 4) is 10.6 Å². The second kappa shape index (κ2) is 6.50. The van der Waals surface area contributed by atoms with Crippen molar-refractivity contribution in [2.45, 2.75) is 25.8 Å². The van der Waals surface area contributed by atoms with Crippen LogP contribution in [0.15, 0.2) is 36.5 Å². The third kappa shape index (κ3) is 3.27. The van der Waals surface area contributed by atoms with Crippen LogP contribution in [0.4, 0.5) is 0 Å². The fourth-order valence-electron chi connectivity index (χ4n) is 2.85. The topological polar surface area (TPSA) is 76.3 Å². The SMILES string of the molecule is C[C@H]1CC[C@@H](C(N)=O)CN1C(=O)c1cnc(-c2ccccc2)s1. The zero-order chi connectivity index (χ0) is 16.4. The molecule has 6 heteroatoms. The van der Waals surface area contributed by atoms with E-state index in [0.717, 1.165) is 23.4 Å². The van der Waals surface area contributed by atoms with Gasteiger partial charge >= 0.3 is 0 Å². The lowest BCUT2D eigenvalue weighted by atomic mass is 9.93. The number of piperidine rings is 1. The molecule has 1 aromatic carbocycles.